The molecule has 1 aromatic rings. The van der Waals surface area contributed by atoms with Crippen molar-refractivity contribution in [2.75, 3.05) is 6.61 Å². The lowest BCUT2D eigenvalue weighted by Crippen LogP contribution is -2.55. The summed E-state index contributed by atoms with van der Waals surface area (Å²) in [4.78, 5) is 0. The molecule has 1 saturated carbocycles. The number of ether oxygens (including phenoxy) is 2. The molecule has 82 valence electrons. The van der Waals surface area contributed by atoms with Crippen molar-refractivity contribution < 1.29 is 14.6 Å². The Morgan fingerprint density at radius 3 is 2.67 bits per heavy atom. The van der Waals surface area contributed by atoms with Gasteiger partial charge in [0.2, 0.25) is 0 Å². The molecule has 1 aromatic carbocycles. The molecular weight excluding hydrogens is 192 g/mol. The van der Waals surface area contributed by atoms with Crippen molar-refractivity contribution in [1.29, 1.82) is 0 Å². The quantitative estimate of drug-likeness (QED) is 0.817. The summed E-state index contributed by atoms with van der Waals surface area (Å²) in [6, 6.07) is 9.53. The molecule has 1 aliphatic carbocycles. The Morgan fingerprint density at radius 2 is 2.07 bits per heavy atom. The van der Waals surface area contributed by atoms with Crippen molar-refractivity contribution in [3.8, 4) is 5.75 Å². The molecule has 3 heteroatoms. The summed E-state index contributed by atoms with van der Waals surface area (Å²) in [7, 11) is 0. The van der Waals surface area contributed by atoms with Gasteiger partial charge in [0.1, 0.15) is 5.75 Å². The van der Waals surface area contributed by atoms with E-state index in [0.717, 1.165) is 5.75 Å². The van der Waals surface area contributed by atoms with Gasteiger partial charge >= 0.3 is 0 Å². The van der Waals surface area contributed by atoms with Gasteiger partial charge in [0, 0.05) is 13.0 Å². The largest absolute Gasteiger partial charge is 0.485 e. The molecule has 0 amide bonds. The van der Waals surface area contributed by atoms with Gasteiger partial charge < -0.3 is 14.6 Å². The molecule has 0 bridgehead atoms. The minimum Gasteiger partial charge on any atom is -0.485 e. The van der Waals surface area contributed by atoms with Crippen LogP contribution in [0.4, 0.5) is 0 Å². The molecule has 1 aliphatic rings. The van der Waals surface area contributed by atoms with Gasteiger partial charge in [-0.15, -0.1) is 0 Å². The summed E-state index contributed by atoms with van der Waals surface area (Å²) in [6.45, 7) is 2.61. The van der Waals surface area contributed by atoms with E-state index in [-0.39, 0.29) is 12.2 Å². The molecule has 1 fully saturated rings. The van der Waals surface area contributed by atoms with Crippen LogP contribution in [0.15, 0.2) is 30.3 Å². The first-order valence-electron chi connectivity index (χ1n) is 5.32. The zero-order valence-corrected chi connectivity index (χ0v) is 8.80. The maximum atomic E-state index is 9.56. The molecule has 0 aromatic heterocycles. The van der Waals surface area contributed by atoms with Crippen molar-refractivity contribution in [2.24, 2.45) is 0 Å². The van der Waals surface area contributed by atoms with E-state index in [1.54, 1.807) is 0 Å². The van der Waals surface area contributed by atoms with Gasteiger partial charge in [-0.05, 0) is 19.1 Å². The summed E-state index contributed by atoms with van der Waals surface area (Å²) in [6.07, 6.45) is 0.0880. The standard InChI is InChI=1S/C12H16O3/c1-2-14-11-8-10(13)12(11)15-9-6-4-3-5-7-9/h3-7,10-13H,2,8H2,1H3/t10-,11+,12+/m1/s1. The number of aliphatic hydroxyl groups is 1. The van der Waals surface area contributed by atoms with E-state index in [2.05, 4.69) is 0 Å². The third-order valence-electron chi connectivity index (χ3n) is 2.62. The van der Waals surface area contributed by atoms with E-state index >= 15 is 0 Å². The van der Waals surface area contributed by atoms with Gasteiger partial charge in [-0.3, -0.25) is 0 Å². The molecule has 0 unspecified atom stereocenters. The van der Waals surface area contributed by atoms with Crippen LogP contribution in [0.5, 0.6) is 5.75 Å². The van der Waals surface area contributed by atoms with Gasteiger partial charge in [-0.25, -0.2) is 0 Å². The third kappa shape index (κ3) is 2.30. The normalized spacial score (nSPS) is 29.6. The summed E-state index contributed by atoms with van der Waals surface area (Å²) in [5.74, 6) is 0.783. The highest BCUT2D eigenvalue weighted by Crippen LogP contribution is 2.28. The molecule has 15 heavy (non-hydrogen) atoms. The first-order valence-corrected chi connectivity index (χ1v) is 5.32. The van der Waals surface area contributed by atoms with E-state index in [4.69, 9.17) is 9.47 Å². The second kappa shape index (κ2) is 4.64. The molecule has 2 rings (SSSR count). The minimum atomic E-state index is -0.401. The van der Waals surface area contributed by atoms with E-state index in [9.17, 15) is 5.11 Å². The molecule has 3 atom stereocenters. The molecule has 0 aliphatic heterocycles. The highest BCUT2D eigenvalue weighted by Gasteiger charge is 2.42. The van der Waals surface area contributed by atoms with Crippen LogP contribution < -0.4 is 4.74 Å². The predicted octanol–water partition coefficient (Wildman–Crippen LogP) is 1.60. The van der Waals surface area contributed by atoms with Crippen LogP contribution in [0.2, 0.25) is 0 Å². The van der Waals surface area contributed by atoms with Crippen molar-refractivity contribution >= 4 is 0 Å². The lowest BCUT2D eigenvalue weighted by Gasteiger charge is -2.40. The molecule has 1 N–H and O–H groups in total. The smallest absolute Gasteiger partial charge is 0.151 e. The Hall–Kier alpha value is -1.06. The van der Waals surface area contributed by atoms with Crippen molar-refractivity contribution in [3.63, 3.8) is 0 Å². The lowest BCUT2D eigenvalue weighted by atomic mass is 9.88. The summed E-state index contributed by atoms with van der Waals surface area (Å²) in [5, 5.41) is 9.56. The van der Waals surface area contributed by atoms with Crippen LogP contribution >= 0.6 is 0 Å². The van der Waals surface area contributed by atoms with Gasteiger partial charge in [-0.2, -0.15) is 0 Å². The summed E-state index contributed by atoms with van der Waals surface area (Å²) in [5.41, 5.74) is 0. The molecule has 0 saturated heterocycles. The zero-order chi connectivity index (χ0) is 10.7. The Labute approximate surface area is 89.6 Å². The molecule has 0 radical (unpaired) electrons. The van der Waals surface area contributed by atoms with Crippen LogP contribution in [0, 0.1) is 0 Å². The summed E-state index contributed by atoms with van der Waals surface area (Å²) < 4.78 is 11.1. The average Bonchev–Trinajstić information content (AvgIpc) is 2.27. The first-order chi connectivity index (χ1) is 7.31. The monoisotopic (exact) mass is 208 g/mol. The fourth-order valence-corrected chi connectivity index (χ4v) is 1.75. The fourth-order valence-electron chi connectivity index (χ4n) is 1.75. The molecule has 0 heterocycles. The number of rotatable bonds is 4. The second-order valence-corrected chi connectivity index (χ2v) is 3.69. The van der Waals surface area contributed by atoms with Gasteiger partial charge in [0.15, 0.2) is 6.10 Å². The van der Waals surface area contributed by atoms with E-state index in [1.807, 2.05) is 37.3 Å². The molecule has 0 spiro atoms. The first kappa shape index (κ1) is 10.5. The maximum Gasteiger partial charge on any atom is 0.151 e. The zero-order valence-electron chi connectivity index (χ0n) is 8.80. The van der Waals surface area contributed by atoms with E-state index in [0.29, 0.717) is 13.0 Å². The minimum absolute atomic E-state index is 0.0326. The van der Waals surface area contributed by atoms with Crippen LogP contribution in [-0.2, 0) is 4.74 Å². The molecular formula is C12H16O3. The number of para-hydroxylation sites is 1. The Morgan fingerprint density at radius 1 is 1.33 bits per heavy atom. The molecule has 3 nitrogen and oxygen atoms in total. The Balaban J connectivity index is 1.93. The third-order valence-corrected chi connectivity index (χ3v) is 2.62. The number of aliphatic hydroxyl groups excluding tert-OH is 1. The van der Waals surface area contributed by atoms with Crippen LogP contribution in [-0.4, -0.2) is 30.0 Å². The summed E-state index contributed by atoms with van der Waals surface area (Å²) >= 11 is 0. The Bertz CT molecular complexity index is 297. The van der Waals surface area contributed by atoms with Crippen molar-refractivity contribution in [1.82, 2.24) is 0 Å². The number of benzene rings is 1. The predicted molar refractivity (Wildman–Crippen MR) is 56.9 cm³/mol. The van der Waals surface area contributed by atoms with E-state index < -0.39 is 6.10 Å². The van der Waals surface area contributed by atoms with Crippen molar-refractivity contribution in [2.45, 2.75) is 31.7 Å². The van der Waals surface area contributed by atoms with Crippen LogP contribution in [0.3, 0.4) is 0 Å². The second-order valence-electron chi connectivity index (χ2n) is 3.69. The Kier molecular flexibility index (Phi) is 3.23. The SMILES string of the molecule is CCO[C@H]1C[C@@H](O)[C@@H]1Oc1ccccc1. The average molecular weight is 208 g/mol. The van der Waals surface area contributed by atoms with Gasteiger partial charge in [-0.1, -0.05) is 18.2 Å². The van der Waals surface area contributed by atoms with Gasteiger partial charge in [0.05, 0.1) is 12.2 Å². The van der Waals surface area contributed by atoms with Crippen LogP contribution in [0.1, 0.15) is 13.3 Å². The van der Waals surface area contributed by atoms with Crippen molar-refractivity contribution in [3.05, 3.63) is 30.3 Å². The van der Waals surface area contributed by atoms with Crippen LogP contribution in [0.25, 0.3) is 0 Å². The lowest BCUT2D eigenvalue weighted by molar-refractivity contribution is -0.154. The highest BCUT2D eigenvalue weighted by molar-refractivity contribution is 5.22. The number of hydrogen-bond acceptors (Lipinski definition) is 3. The maximum absolute atomic E-state index is 9.56. The topological polar surface area (TPSA) is 38.7 Å². The van der Waals surface area contributed by atoms with E-state index in [1.165, 1.54) is 0 Å². The van der Waals surface area contributed by atoms with Gasteiger partial charge in [0.25, 0.3) is 0 Å². The number of hydrogen-bond donors (Lipinski definition) is 1. The fraction of sp³-hybridized carbons (Fsp3) is 0.500. The highest BCUT2D eigenvalue weighted by atomic mass is 16.6.